The molecule has 23 heavy (non-hydrogen) atoms. The molecule has 1 saturated carbocycles. The first-order chi connectivity index (χ1) is 11.2. The second kappa shape index (κ2) is 7.25. The number of hydrogen-bond acceptors (Lipinski definition) is 0. The SMILES string of the molecule is CCCC1CCC(c2ccc(-c3ccc(F)cc3F)cc2)CC1. The fourth-order valence-electron chi connectivity index (χ4n) is 3.85. The Morgan fingerprint density at radius 3 is 2.22 bits per heavy atom. The Balaban J connectivity index is 1.70. The standard InChI is InChI=1S/C21H24F2/c1-2-3-15-4-6-16(7-5-15)17-8-10-18(11-9-17)20-13-12-19(22)14-21(20)23/h8-16H,2-7H2,1H3. The largest absolute Gasteiger partial charge is 0.207 e. The Hall–Kier alpha value is -1.70. The van der Waals surface area contributed by atoms with Gasteiger partial charge in [-0.05, 0) is 60.8 Å². The van der Waals surface area contributed by atoms with Crippen LogP contribution in [0.2, 0.25) is 0 Å². The van der Waals surface area contributed by atoms with E-state index in [1.807, 2.05) is 12.1 Å². The highest BCUT2D eigenvalue weighted by Crippen LogP contribution is 2.38. The zero-order valence-electron chi connectivity index (χ0n) is 13.7. The van der Waals surface area contributed by atoms with Gasteiger partial charge >= 0.3 is 0 Å². The van der Waals surface area contributed by atoms with Crippen LogP contribution in [0.3, 0.4) is 0 Å². The molecule has 2 heteroatoms. The predicted molar refractivity (Wildman–Crippen MR) is 91.4 cm³/mol. The van der Waals surface area contributed by atoms with E-state index >= 15 is 0 Å². The van der Waals surface area contributed by atoms with Crippen LogP contribution in [0.5, 0.6) is 0 Å². The summed E-state index contributed by atoms with van der Waals surface area (Å²) in [5.41, 5.74) is 2.63. The van der Waals surface area contributed by atoms with Crippen molar-refractivity contribution in [3.05, 3.63) is 59.7 Å². The average Bonchev–Trinajstić information content (AvgIpc) is 2.56. The molecular weight excluding hydrogens is 290 g/mol. The zero-order chi connectivity index (χ0) is 16.2. The van der Waals surface area contributed by atoms with Crippen molar-refractivity contribution in [2.45, 2.75) is 51.4 Å². The van der Waals surface area contributed by atoms with Gasteiger partial charge in [0, 0.05) is 11.6 Å². The Labute approximate surface area is 137 Å². The Morgan fingerprint density at radius 2 is 1.61 bits per heavy atom. The van der Waals surface area contributed by atoms with Crippen LogP contribution < -0.4 is 0 Å². The molecule has 2 aromatic rings. The van der Waals surface area contributed by atoms with Crippen LogP contribution >= 0.6 is 0 Å². The predicted octanol–water partition coefficient (Wildman–Crippen LogP) is 6.71. The lowest BCUT2D eigenvalue weighted by Crippen LogP contribution is -2.13. The van der Waals surface area contributed by atoms with Crippen molar-refractivity contribution in [2.75, 3.05) is 0 Å². The summed E-state index contributed by atoms with van der Waals surface area (Å²) in [4.78, 5) is 0. The van der Waals surface area contributed by atoms with Gasteiger partial charge in [-0.25, -0.2) is 8.78 Å². The van der Waals surface area contributed by atoms with Crippen LogP contribution in [-0.4, -0.2) is 0 Å². The van der Waals surface area contributed by atoms with Crippen molar-refractivity contribution in [1.82, 2.24) is 0 Å². The van der Waals surface area contributed by atoms with Crippen LogP contribution in [0.1, 0.15) is 56.9 Å². The molecule has 0 saturated heterocycles. The molecular formula is C21H24F2. The summed E-state index contributed by atoms with van der Waals surface area (Å²) in [5.74, 6) is 0.503. The topological polar surface area (TPSA) is 0 Å². The Bertz CT molecular complexity index is 637. The second-order valence-electron chi connectivity index (χ2n) is 6.75. The van der Waals surface area contributed by atoms with Crippen LogP contribution in [-0.2, 0) is 0 Å². The van der Waals surface area contributed by atoms with Crippen molar-refractivity contribution in [1.29, 1.82) is 0 Å². The molecule has 0 atom stereocenters. The van der Waals surface area contributed by atoms with Gasteiger partial charge in [-0.1, -0.05) is 44.0 Å². The minimum atomic E-state index is -0.535. The summed E-state index contributed by atoms with van der Waals surface area (Å²) in [7, 11) is 0. The maximum atomic E-state index is 13.9. The maximum Gasteiger partial charge on any atom is 0.133 e. The first-order valence-corrected chi connectivity index (χ1v) is 8.72. The lowest BCUT2D eigenvalue weighted by Gasteiger charge is -2.28. The van der Waals surface area contributed by atoms with E-state index in [9.17, 15) is 8.78 Å². The quantitative estimate of drug-likeness (QED) is 0.588. The van der Waals surface area contributed by atoms with Gasteiger partial charge in [0.1, 0.15) is 11.6 Å². The fourth-order valence-corrected chi connectivity index (χ4v) is 3.85. The first-order valence-electron chi connectivity index (χ1n) is 8.72. The molecule has 0 aromatic heterocycles. The summed E-state index contributed by atoms with van der Waals surface area (Å²) >= 11 is 0. The monoisotopic (exact) mass is 314 g/mol. The molecule has 1 fully saturated rings. The van der Waals surface area contributed by atoms with E-state index in [0.717, 1.165) is 17.5 Å². The first kappa shape index (κ1) is 16.2. The highest BCUT2D eigenvalue weighted by Gasteiger charge is 2.21. The normalized spacial score (nSPS) is 21.3. The Morgan fingerprint density at radius 1 is 0.913 bits per heavy atom. The van der Waals surface area contributed by atoms with Gasteiger partial charge in [0.15, 0.2) is 0 Å². The van der Waals surface area contributed by atoms with Gasteiger partial charge in [-0.2, -0.15) is 0 Å². The zero-order valence-corrected chi connectivity index (χ0v) is 13.7. The molecule has 0 aliphatic heterocycles. The van der Waals surface area contributed by atoms with Crippen molar-refractivity contribution in [3.8, 4) is 11.1 Å². The molecule has 0 nitrogen and oxygen atoms in total. The van der Waals surface area contributed by atoms with Crippen molar-refractivity contribution in [2.24, 2.45) is 5.92 Å². The van der Waals surface area contributed by atoms with Crippen LogP contribution in [0, 0.1) is 17.6 Å². The minimum Gasteiger partial charge on any atom is -0.207 e. The van der Waals surface area contributed by atoms with Crippen molar-refractivity contribution in [3.63, 3.8) is 0 Å². The summed E-state index contributed by atoms with van der Waals surface area (Å²) < 4.78 is 26.9. The third-order valence-corrected chi connectivity index (χ3v) is 5.17. The van der Waals surface area contributed by atoms with Crippen LogP contribution in [0.15, 0.2) is 42.5 Å². The van der Waals surface area contributed by atoms with E-state index in [-0.39, 0.29) is 0 Å². The summed E-state index contributed by atoms with van der Waals surface area (Å²) in [6, 6.07) is 11.9. The molecule has 0 amide bonds. The van der Waals surface area contributed by atoms with Crippen molar-refractivity contribution < 1.29 is 8.78 Å². The van der Waals surface area contributed by atoms with E-state index < -0.39 is 11.6 Å². The molecule has 122 valence electrons. The fraction of sp³-hybridized carbons (Fsp3) is 0.429. The van der Waals surface area contributed by atoms with Gasteiger partial charge in [-0.15, -0.1) is 0 Å². The smallest absolute Gasteiger partial charge is 0.133 e. The Kier molecular flexibility index (Phi) is 5.09. The molecule has 1 aliphatic carbocycles. The second-order valence-corrected chi connectivity index (χ2v) is 6.75. The number of halogens is 2. The van der Waals surface area contributed by atoms with Gasteiger partial charge in [0.05, 0.1) is 0 Å². The van der Waals surface area contributed by atoms with Gasteiger partial charge < -0.3 is 0 Å². The van der Waals surface area contributed by atoms with E-state index in [4.69, 9.17) is 0 Å². The molecule has 0 N–H and O–H groups in total. The van der Waals surface area contributed by atoms with Crippen molar-refractivity contribution >= 4 is 0 Å². The molecule has 0 radical (unpaired) electrons. The molecule has 3 rings (SSSR count). The summed E-state index contributed by atoms with van der Waals surface area (Å²) in [6.45, 7) is 2.26. The van der Waals surface area contributed by atoms with E-state index in [2.05, 4.69) is 19.1 Å². The van der Waals surface area contributed by atoms with Gasteiger partial charge in [0.25, 0.3) is 0 Å². The summed E-state index contributed by atoms with van der Waals surface area (Å²) in [6.07, 6.45) is 7.81. The third kappa shape index (κ3) is 3.80. The van der Waals surface area contributed by atoms with Crippen LogP contribution in [0.4, 0.5) is 8.78 Å². The molecule has 2 aromatic carbocycles. The minimum absolute atomic E-state index is 0.463. The third-order valence-electron chi connectivity index (χ3n) is 5.17. The number of rotatable bonds is 4. The van der Waals surface area contributed by atoms with E-state index in [1.54, 1.807) is 0 Å². The average molecular weight is 314 g/mol. The molecule has 0 bridgehead atoms. The molecule has 0 heterocycles. The molecule has 0 unspecified atom stereocenters. The number of hydrogen-bond donors (Lipinski definition) is 0. The number of benzene rings is 2. The van der Waals surface area contributed by atoms with E-state index in [0.29, 0.717) is 11.5 Å². The molecule has 1 aliphatic rings. The highest BCUT2D eigenvalue weighted by molar-refractivity contribution is 5.64. The lowest BCUT2D eigenvalue weighted by atomic mass is 9.77. The van der Waals surface area contributed by atoms with Crippen LogP contribution in [0.25, 0.3) is 11.1 Å². The van der Waals surface area contributed by atoms with Gasteiger partial charge in [-0.3, -0.25) is 0 Å². The van der Waals surface area contributed by atoms with E-state index in [1.165, 1.54) is 56.2 Å². The lowest BCUT2D eigenvalue weighted by molar-refractivity contribution is 0.308. The molecule has 0 spiro atoms. The maximum absolute atomic E-state index is 13.9. The van der Waals surface area contributed by atoms with Gasteiger partial charge in [0.2, 0.25) is 0 Å². The highest BCUT2D eigenvalue weighted by atomic mass is 19.1. The summed E-state index contributed by atoms with van der Waals surface area (Å²) in [5, 5.41) is 0.